The minimum absolute atomic E-state index is 0.0338. The van der Waals surface area contributed by atoms with E-state index in [-0.39, 0.29) is 12.4 Å². The molecule has 0 aromatic rings. The number of hydrogen-bond acceptors (Lipinski definition) is 10. The van der Waals surface area contributed by atoms with Gasteiger partial charge >= 0.3 is 17.9 Å². The van der Waals surface area contributed by atoms with Crippen LogP contribution in [0.5, 0.6) is 0 Å². The van der Waals surface area contributed by atoms with Gasteiger partial charge in [-0.1, -0.05) is 0 Å². The van der Waals surface area contributed by atoms with Crippen LogP contribution in [-0.2, 0) is 38.1 Å². The second-order valence-corrected chi connectivity index (χ2v) is 6.78. The minimum Gasteiger partial charge on any atom is -0.463 e. The molecule has 1 aliphatic heterocycles. The molecule has 10 nitrogen and oxygen atoms in total. The van der Waals surface area contributed by atoms with Crippen molar-refractivity contribution in [2.45, 2.75) is 57.5 Å². The Kier molecular flexibility index (Phi) is 9.04. The molecule has 0 radical (unpaired) electrons. The van der Waals surface area contributed by atoms with Gasteiger partial charge in [-0.15, -0.1) is 11.8 Å². The summed E-state index contributed by atoms with van der Waals surface area (Å²) in [6.45, 7) is 4.54. The van der Waals surface area contributed by atoms with Crippen LogP contribution in [0.1, 0.15) is 27.7 Å². The average Bonchev–Trinajstić information content (AvgIpc) is 2.54. The topological polar surface area (TPSA) is 141 Å². The molecule has 27 heavy (non-hydrogen) atoms. The van der Waals surface area contributed by atoms with Crippen LogP contribution < -0.4 is 5.32 Å². The summed E-state index contributed by atoms with van der Waals surface area (Å²) in [5, 5.41) is 11.5. The Bertz CT molecular complexity index is 620. The third-order valence-electron chi connectivity index (χ3n) is 3.38. The number of nitrogens with zero attached hydrogens (tertiary/aromatic N) is 1. The lowest BCUT2D eigenvalue weighted by atomic mass is 9.97. The lowest BCUT2D eigenvalue weighted by molar-refractivity contribution is -0.211. The molecule has 1 aliphatic rings. The highest BCUT2D eigenvalue weighted by Gasteiger charge is 2.50. The maximum atomic E-state index is 11.6. The number of nitrogens with one attached hydrogen (secondary N) is 1. The summed E-state index contributed by atoms with van der Waals surface area (Å²) >= 11 is 1.07. The minimum atomic E-state index is -1.12. The van der Waals surface area contributed by atoms with E-state index in [9.17, 15) is 19.2 Å². The van der Waals surface area contributed by atoms with Crippen LogP contribution in [0.2, 0.25) is 0 Å². The van der Waals surface area contributed by atoms with Gasteiger partial charge < -0.3 is 24.3 Å². The summed E-state index contributed by atoms with van der Waals surface area (Å²) in [4.78, 5) is 45.9. The van der Waals surface area contributed by atoms with Gasteiger partial charge in [-0.2, -0.15) is 5.26 Å². The Morgan fingerprint density at radius 1 is 1.04 bits per heavy atom. The van der Waals surface area contributed by atoms with Crippen molar-refractivity contribution in [3.8, 4) is 6.07 Å². The van der Waals surface area contributed by atoms with Crippen LogP contribution in [0.15, 0.2) is 0 Å². The van der Waals surface area contributed by atoms with E-state index in [1.807, 2.05) is 6.07 Å². The van der Waals surface area contributed by atoms with E-state index in [1.54, 1.807) is 0 Å². The molecule has 0 aromatic carbocycles. The van der Waals surface area contributed by atoms with Gasteiger partial charge in [0.05, 0.1) is 11.8 Å². The summed E-state index contributed by atoms with van der Waals surface area (Å²) < 4.78 is 21.4. The van der Waals surface area contributed by atoms with Gasteiger partial charge in [0.1, 0.15) is 24.2 Å². The normalized spacial score (nSPS) is 27.0. The number of amides is 1. The lowest BCUT2D eigenvalue weighted by Gasteiger charge is -2.44. The van der Waals surface area contributed by atoms with E-state index >= 15 is 0 Å². The van der Waals surface area contributed by atoms with Crippen LogP contribution in [0.4, 0.5) is 0 Å². The first kappa shape index (κ1) is 22.7. The largest absolute Gasteiger partial charge is 0.463 e. The highest BCUT2D eigenvalue weighted by atomic mass is 32.2. The van der Waals surface area contributed by atoms with Gasteiger partial charge in [-0.3, -0.25) is 19.2 Å². The van der Waals surface area contributed by atoms with Gasteiger partial charge in [0.25, 0.3) is 0 Å². The van der Waals surface area contributed by atoms with Crippen LogP contribution in [0.25, 0.3) is 0 Å². The number of nitriles is 1. The third kappa shape index (κ3) is 7.44. The molecule has 1 fully saturated rings. The summed E-state index contributed by atoms with van der Waals surface area (Å²) in [5.41, 5.74) is -0.801. The second-order valence-electron chi connectivity index (χ2n) is 5.69. The summed E-state index contributed by atoms with van der Waals surface area (Å²) in [5.74, 6) is -2.30. The molecule has 0 aromatic heterocycles. The van der Waals surface area contributed by atoms with Crippen LogP contribution in [0, 0.1) is 11.3 Å². The predicted octanol–water partition coefficient (Wildman–Crippen LogP) is -0.101. The zero-order valence-electron chi connectivity index (χ0n) is 15.4. The van der Waals surface area contributed by atoms with Gasteiger partial charge in [-0.25, -0.2) is 0 Å². The molecule has 1 rings (SSSR count). The smallest absolute Gasteiger partial charge is 0.303 e. The van der Waals surface area contributed by atoms with E-state index < -0.39 is 53.6 Å². The van der Waals surface area contributed by atoms with Crippen molar-refractivity contribution in [1.82, 2.24) is 5.32 Å². The Balaban J connectivity index is 3.25. The number of carbonyl (C=O) groups excluding carboxylic acids is 4. The first-order valence-corrected chi connectivity index (χ1v) is 9.09. The van der Waals surface area contributed by atoms with Crippen molar-refractivity contribution in [2.24, 2.45) is 0 Å². The number of hydrogen-bond donors (Lipinski definition) is 1. The monoisotopic (exact) mass is 402 g/mol. The molecular formula is C16H22N2O8S. The third-order valence-corrected chi connectivity index (χ3v) is 4.41. The van der Waals surface area contributed by atoms with E-state index in [0.717, 1.165) is 18.7 Å². The molecule has 150 valence electrons. The SMILES string of the molecule is CC(=O)N[C@H]1C(OC(C)=O)[C@H](OC(C)=O)C(COC(C)=O)O[C@H]1SCC#N. The molecule has 0 spiro atoms. The Morgan fingerprint density at radius 3 is 2.11 bits per heavy atom. The molecular weight excluding hydrogens is 380 g/mol. The maximum Gasteiger partial charge on any atom is 0.303 e. The van der Waals surface area contributed by atoms with Crippen molar-refractivity contribution >= 4 is 35.6 Å². The quantitative estimate of drug-likeness (QED) is 0.453. The Hall–Kier alpha value is -2.32. The molecule has 1 saturated heterocycles. The Morgan fingerprint density at radius 2 is 1.63 bits per heavy atom. The van der Waals surface area contributed by atoms with Crippen LogP contribution in [-0.4, -0.2) is 66.0 Å². The van der Waals surface area contributed by atoms with Gasteiger partial charge in [0, 0.05) is 27.7 Å². The van der Waals surface area contributed by atoms with E-state index in [4.69, 9.17) is 24.2 Å². The molecule has 1 N–H and O–H groups in total. The summed E-state index contributed by atoms with van der Waals surface area (Å²) in [7, 11) is 0. The molecule has 11 heteroatoms. The van der Waals surface area contributed by atoms with Crippen molar-refractivity contribution in [3.63, 3.8) is 0 Å². The fourth-order valence-corrected chi connectivity index (χ4v) is 3.44. The van der Waals surface area contributed by atoms with Gasteiger partial charge in [-0.05, 0) is 0 Å². The summed E-state index contributed by atoms with van der Waals surface area (Å²) in [6.07, 6.45) is -3.18. The fraction of sp³-hybridized carbons (Fsp3) is 0.688. The van der Waals surface area contributed by atoms with E-state index in [2.05, 4.69) is 5.32 Å². The number of thioether (sulfide) groups is 1. The Labute approximate surface area is 160 Å². The second kappa shape index (κ2) is 10.7. The van der Waals surface area contributed by atoms with E-state index in [1.165, 1.54) is 20.8 Å². The van der Waals surface area contributed by atoms with Crippen molar-refractivity contribution in [1.29, 1.82) is 5.26 Å². The predicted molar refractivity (Wildman–Crippen MR) is 92.1 cm³/mol. The van der Waals surface area contributed by atoms with Crippen molar-refractivity contribution < 1.29 is 38.1 Å². The van der Waals surface area contributed by atoms with Crippen LogP contribution in [0.3, 0.4) is 0 Å². The number of esters is 3. The number of ether oxygens (including phenoxy) is 4. The van der Waals surface area contributed by atoms with Crippen molar-refractivity contribution in [2.75, 3.05) is 12.4 Å². The highest BCUT2D eigenvalue weighted by Crippen LogP contribution is 2.32. The van der Waals surface area contributed by atoms with E-state index in [0.29, 0.717) is 0 Å². The fourth-order valence-electron chi connectivity index (χ4n) is 2.55. The molecule has 2 unspecified atom stereocenters. The first-order valence-electron chi connectivity index (χ1n) is 8.04. The number of rotatable bonds is 7. The zero-order valence-corrected chi connectivity index (χ0v) is 16.2. The summed E-state index contributed by atoms with van der Waals surface area (Å²) in [6, 6.07) is 1.06. The standard InChI is InChI=1S/C16H22N2O8S/c1-8(19)18-13-15(25-11(4)22)14(24-10(3)21)12(7-23-9(2)20)26-16(13)27-6-5-17/h12-16H,6-7H2,1-4H3,(H,18,19)/t12?,13-,14+,15?,16-/m0/s1. The number of carbonyl (C=O) groups is 4. The molecule has 0 bridgehead atoms. The first-order chi connectivity index (χ1) is 12.6. The molecule has 5 atom stereocenters. The lowest BCUT2D eigenvalue weighted by Crippen LogP contribution is -2.65. The van der Waals surface area contributed by atoms with Gasteiger partial charge in [0.2, 0.25) is 5.91 Å². The maximum absolute atomic E-state index is 11.6. The molecule has 0 aliphatic carbocycles. The van der Waals surface area contributed by atoms with Crippen LogP contribution >= 0.6 is 11.8 Å². The zero-order chi connectivity index (χ0) is 20.6. The van der Waals surface area contributed by atoms with Gasteiger partial charge in [0.15, 0.2) is 12.2 Å². The molecule has 1 heterocycles. The molecule has 1 amide bonds. The average molecular weight is 402 g/mol. The highest BCUT2D eigenvalue weighted by molar-refractivity contribution is 8.00. The van der Waals surface area contributed by atoms with Crippen molar-refractivity contribution in [3.05, 3.63) is 0 Å². The molecule has 0 saturated carbocycles.